The second-order valence-electron chi connectivity index (χ2n) is 4.53. The van der Waals surface area contributed by atoms with Crippen molar-refractivity contribution in [1.82, 2.24) is 9.78 Å². The maximum absolute atomic E-state index is 13.7. The lowest BCUT2D eigenvalue weighted by molar-refractivity contribution is 0.387. The second-order valence-corrected chi connectivity index (χ2v) is 5.45. The van der Waals surface area contributed by atoms with Gasteiger partial charge in [0.2, 0.25) is 0 Å². The molecule has 0 amide bonds. The van der Waals surface area contributed by atoms with Crippen LogP contribution in [-0.2, 0) is 0 Å². The molecule has 0 saturated carbocycles. The van der Waals surface area contributed by atoms with E-state index < -0.39 is 0 Å². The van der Waals surface area contributed by atoms with Crippen LogP contribution in [-0.4, -0.2) is 16.9 Å². The maximum atomic E-state index is 13.7. The van der Waals surface area contributed by atoms with Gasteiger partial charge in [0.05, 0.1) is 24.5 Å². The van der Waals surface area contributed by atoms with Crippen LogP contribution < -0.4 is 4.74 Å². The van der Waals surface area contributed by atoms with Gasteiger partial charge in [-0.05, 0) is 36.8 Å². The molecule has 0 radical (unpaired) electrons. The van der Waals surface area contributed by atoms with E-state index in [0.717, 1.165) is 26.6 Å². The second kappa shape index (κ2) is 4.90. The number of methoxy groups -OCH3 is 1. The van der Waals surface area contributed by atoms with E-state index in [2.05, 4.69) is 21.0 Å². The highest BCUT2D eigenvalue weighted by molar-refractivity contribution is 9.10. The van der Waals surface area contributed by atoms with E-state index >= 15 is 0 Å². The van der Waals surface area contributed by atoms with Crippen LogP contribution in [0.5, 0.6) is 5.75 Å². The average molecular weight is 335 g/mol. The molecule has 5 heteroatoms. The first-order valence-electron chi connectivity index (χ1n) is 6.08. The van der Waals surface area contributed by atoms with Gasteiger partial charge < -0.3 is 4.74 Å². The summed E-state index contributed by atoms with van der Waals surface area (Å²) in [7, 11) is 1.45. The molecule has 102 valence electrons. The Labute approximate surface area is 124 Å². The van der Waals surface area contributed by atoms with Gasteiger partial charge in [-0.25, -0.2) is 9.07 Å². The molecule has 0 bridgehead atoms. The summed E-state index contributed by atoms with van der Waals surface area (Å²) < 4.78 is 21.5. The summed E-state index contributed by atoms with van der Waals surface area (Å²) in [6, 6.07) is 9.05. The highest BCUT2D eigenvalue weighted by atomic mass is 79.9. The third-order valence-corrected chi connectivity index (χ3v) is 3.72. The monoisotopic (exact) mass is 334 g/mol. The molecule has 3 aromatic rings. The van der Waals surface area contributed by atoms with E-state index in [1.54, 1.807) is 16.9 Å². The van der Waals surface area contributed by atoms with Crippen molar-refractivity contribution in [3.8, 4) is 11.4 Å². The Balaban J connectivity index is 2.26. The van der Waals surface area contributed by atoms with Gasteiger partial charge >= 0.3 is 0 Å². The molecule has 3 nitrogen and oxygen atoms in total. The molecule has 0 fully saturated rings. The fourth-order valence-corrected chi connectivity index (χ4v) is 2.71. The molecule has 0 N–H and O–H groups in total. The van der Waals surface area contributed by atoms with E-state index in [0.29, 0.717) is 0 Å². The Kier molecular flexibility index (Phi) is 3.22. The highest BCUT2D eigenvalue weighted by Crippen LogP contribution is 2.28. The Morgan fingerprint density at radius 3 is 2.75 bits per heavy atom. The third kappa shape index (κ3) is 2.08. The van der Waals surface area contributed by atoms with Crippen LogP contribution >= 0.6 is 15.9 Å². The molecule has 0 atom stereocenters. The first-order valence-corrected chi connectivity index (χ1v) is 6.87. The number of rotatable bonds is 2. The Hall–Kier alpha value is -1.88. The zero-order chi connectivity index (χ0) is 14.3. The average Bonchev–Trinajstić information content (AvgIpc) is 2.80. The van der Waals surface area contributed by atoms with Crippen molar-refractivity contribution >= 4 is 26.8 Å². The van der Waals surface area contributed by atoms with E-state index in [-0.39, 0.29) is 11.6 Å². The minimum Gasteiger partial charge on any atom is -0.494 e. The first-order chi connectivity index (χ1) is 9.60. The van der Waals surface area contributed by atoms with Gasteiger partial charge in [-0.3, -0.25) is 0 Å². The smallest absolute Gasteiger partial charge is 0.165 e. The molecular formula is C15H12BrFN2O. The van der Waals surface area contributed by atoms with Crippen molar-refractivity contribution in [2.24, 2.45) is 0 Å². The number of benzene rings is 2. The van der Waals surface area contributed by atoms with Crippen LogP contribution in [0.15, 0.2) is 41.0 Å². The number of hydrogen-bond acceptors (Lipinski definition) is 2. The molecule has 1 aromatic heterocycles. The van der Waals surface area contributed by atoms with Gasteiger partial charge in [0.15, 0.2) is 11.6 Å². The lowest BCUT2D eigenvalue weighted by Gasteiger charge is -2.09. The minimum absolute atomic E-state index is 0.217. The number of ether oxygens (including phenoxy) is 1. The lowest BCUT2D eigenvalue weighted by Crippen LogP contribution is -1.99. The molecule has 2 aromatic carbocycles. The fourth-order valence-electron chi connectivity index (χ4n) is 2.23. The summed E-state index contributed by atoms with van der Waals surface area (Å²) in [6.07, 6.45) is 1.65. The molecule has 0 unspecified atom stereocenters. The molecule has 0 aliphatic carbocycles. The van der Waals surface area contributed by atoms with Gasteiger partial charge in [0.1, 0.15) is 0 Å². The lowest BCUT2D eigenvalue weighted by atomic mass is 10.2. The van der Waals surface area contributed by atoms with Crippen LogP contribution in [0.3, 0.4) is 0 Å². The zero-order valence-electron chi connectivity index (χ0n) is 11.0. The van der Waals surface area contributed by atoms with Gasteiger partial charge in [-0.1, -0.05) is 15.9 Å². The summed E-state index contributed by atoms with van der Waals surface area (Å²) in [5.41, 5.74) is 2.85. The van der Waals surface area contributed by atoms with Crippen molar-refractivity contribution in [3.05, 3.63) is 52.4 Å². The van der Waals surface area contributed by atoms with E-state index in [9.17, 15) is 4.39 Å². The first kappa shape index (κ1) is 13.1. The zero-order valence-corrected chi connectivity index (χ0v) is 12.6. The quantitative estimate of drug-likeness (QED) is 0.700. The third-order valence-electron chi connectivity index (χ3n) is 3.23. The summed E-state index contributed by atoms with van der Waals surface area (Å²) in [5.74, 6) is -0.166. The van der Waals surface area contributed by atoms with E-state index in [1.165, 1.54) is 13.2 Å². The SMILES string of the molecule is COc1cc2c(cnn2-c2ccc(Br)cc2C)cc1F. The standard InChI is InChI=1S/C15H12BrFN2O/c1-9-5-11(16)3-4-13(9)19-14-7-15(20-2)12(17)6-10(14)8-18-19/h3-8H,1-2H3. The molecule has 0 aliphatic heterocycles. The van der Waals surface area contributed by atoms with Crippen LogP contribution in [0.1, 0.15) is 5.56 Å². The Morgan fingerprint density at radius 1 is 1.25 bits per heavy atom. The van der Waals surface area contributed by atoms with Gasteiger partial charge in [0, 0.05) is 15.9 Å². The predicted molar refractivity (Wildman–Crippen MR) is 80.0 cm³/mol. The summed E-state index contributed by atoms with van der Waals surface area (Å²) in [4.78, 5) is 0. The molecular weight excluding hydrogens is 323 g/mol. The number of hydrogen-bond donors (Lipinski definition) is 0. The van der Waals surface area contributed by atoms with E-state index in [4.69, 9.17) is 4.74 Å². The number of aromatic nitrogens is 2. The van der Waals surface area contributed by atoms with Crippen LogP contribution in [0.25, 0.3) is 16.6 Å². The molecule has 20 heavy (non-hydrogen) atoms. The number of aryl methyl sites for hydroxylation is 1. The fraction of sp³-hybridized carbons (Fsp3) is 0.133. The van der Waals surface area contributed by atoms with Gasteiger partial charge in [-0.2, -0.15) is 5.10 Å². The maximum Gasteiger partial charge on any atom is 0.165 e. The van der Waals surface area contributed by atoms with Gasteiger partial charge in [0.25, 0.3) is 0 Å². The van der Waals surface area contributed by atoms with Crippen molar-refractivity contribution in [3.63, 3.8) is 0 Å². The van der Waals surface area contributed by atoms with Crippen LogP contribution in [0, 0.1) is 12.7 Å². The summed E-state index contributed by atoms with van der Waals surface area (Å²) >= 11 is 3.44. The molecule has 1 heterocycles. The van der Waals surface area contributed by atoms with Crippen LogP contribution in [0.4, 0.5) is 4.39 Å². The summed E-state index contributed by atoms with van der Waals surface area (Å²) in [6.45, 7) is 2.01. The normalized spacial score (nSPS) is 11.0. The summed E-state index contributed by atoms with van der Waals surface area (Å²) in [5, 5.41) is 5.09. The predicted octanol–water partition coefficient (Wildman–Crippen LogP) is 4.24. The molecule has 3 rings (SSSR count). The van der Waals surface area contributed by atoms with Crippen molar-refractivity contribution in [2.45, 2.75) is 6.92 Å². The highest BCUT2D eigenvalue weighted by Gasteiger charge is 2.12. The molecule has 0 spiro atoms. The Bertz CT molecular complexity index is 798. The van der Waals surface area contributed by atoms with Gasteiger partial charge in [-0.15, -0.1) is 0 Å². The number of fused-ring (bicyclic) bond motifs is 1. The Morgan fingerprint density at radius 2 is 2.05 bits per heavy atom. The van der Waals surface area contributed by atoms with Crippen molar-refractivity contribution in [2.75, 3.05) is 7.11 Å². The largest absolute Gasteiger partial charge is 0.494 e. The molecule has 0 saturated heterocycles. The molecule has 0 aliphatic rings. The number of halogens is 2. The van der Waals surface area contributed by atoms with Crippen molar-refractivity contribution < 1.29 is 9.13 Å². The van der Waals surface area contributed by atoms with Crippen LogP contribution in [0.2, 0.25) is 0 Å². The number of nitrogens with zero attached hydrogens (tertiary/aromatic N) is 2. The van der Waals surface area contributed by atoms with Crippen molar-refractivity contribution in [1.29, 1.82) is 0 Å². The van der Waals surface area contributed by atoms with E-state index in [1.807, 2.05) is 25.1 Å². The topological polar surface area (TPSA) is 27.1 Å². The minimum atomic E-state index is -0.382.